The smallest absolute Gasteiger partial charge is 0.311 e. The van der Waals surface area contributed by atoms with E-state index in [0.29, 0.717) is 5.56 Å². The standard InChI is InChI=1S/C22H23FN2O4/c1-3-15-6-4-5-7-19(15)25-12-16(10-21(25)27)22(28)29-13-20(26)24-17-9-8-14(2)18(23)11-17/h4-9,11,16H,3,10,12-13H2,1-2H3,(H,24,26)/t16-/m1/s1. The molecule has 1 aliphatic rings. The van der Waals surface area contributed by atoms with Crippen molar-refractivity contribution < 1.29 is 23.5 Å². The zero-order valence-electron chi connectivity index (χ0n) is 16.4. The minimum absolute atomic E-state index is 0.0433. The van der Waals surface area contributed by atoms with Gasteiger partial charge in [-0.25, -0.2) is 4.39 Å². The molecule has 1 saturated heterocycles. The topological polar surface area (TPSA) is 75.7 Å². The van der Waals surface area contributed by atoms with Crippen LogP contribution in [0.5, 0.6) is 0 Å². The van der Waals surface area contributed by atoms with Crippen molar-refractivity contribution in [2.45, 2.75) is 26.7 Å². The van der Waals surface area contributed by atoms with E-state index in [1.54, 1.807) is 24.0 Å². The maximum Gasteiger partial charge on any atom is 0.311 e. The lowest BCUT2D eigenvalue weighted by Crippen LogP contribution is -2.28. The lowest BCUT2D eigenvalue weighted by Gasteiger charge is -2.19. The number of halogens is 1. The van der Waals surface area contributed by atoms with E-state index < -0.39 is 30.2 Å². The number of nitrogens with one attached hydrogen (secondary N) is 1. The summed E-state index contributed by atoms with van der Waals surface area (Å²) >= 11 is 0. The molecule has 2 aromatic rings. The highest BCUT2D eigenvalue weighted by Gasteiger charge is 2.37. The summed E-state index contributed by atoms with van der Waals surface area (Å²) in [6, 6.07) is 11.9. The van der Waals surface area contributed by atoms with Gasteiger partial charge in [0.05, 0.1) is 5.92 Å². The Morgan fingerprint density at radius 3 is 2.72 bits per heavy atom. The van der Waals surface area contributed by atoms with Gasteiger partial charge in [-0.05, 0) is 42.7 Å². The molecular weight excluding hydrogens is 375 g/mol. The molecule has 0 radical (unpaired) electrons. The number of nitrogens with zero attached hydrogens (tertiary/aromatic N) is 1. The van der Waals surface area contributed by atoms with Gasteiger partial charge in [-0.1, -0.05) is 31.2 Å². The Labute approximate surface area is 168 Å². The molecule has 0 unspecified atom stereocenters. The Bertz CT molecular complexity index is 944. The fourth-order valence-corrected chi connectivity index (χ4v) is 3.29. The average molecular weight is 398 g/mol. The molecule has 1 aliphatic heterocycles. The predicted molar refractivity (Wildman–Crippen MR) is 107 cm³/mol. The van der Waals surface area contributed by atoms with Gasteiger partial charge >= 0.3 is 5.97 Å². The molecule has 0 spiro atoms. The van der Waals surface area contributed by atoms with Crippen LogP contribution in [0.25, 0.3) is 0 Å². The first kappa shape index (κ1) is 20.5. The second-order valence-corrected chi connectivity index (χ2v) is 7.01. The van der Waals surface area contributed by atoms with Crippen LogP contribution >= 0.6 is 0 Å². The van der Waals surface area contributed by atoms with Gasteiger partial charge < -0.3 is 15.0 Å². The van der Waals surface area contributed by atoms with Crippen LogP contribution in [0, 0.1) is 18.7 Å². The SMILES string of the molecule is CCc1ccccc1N1C[C@H](C(=O)OCC(=O)Nc2ccc(C)c(F)c2)CC1=O. The monoisotopic (exact) mass is 398 g/mol. The molecule has 152 valence electrons. The van der Waals surface area contributed by atoms with Crippen LogP contribution in [-0.4, -0.2) is 30.9 Å². The molecule has 0 bridgehead atoms. The van der Waals surface area contributed by atoms with Gasteiger partial charge in [0.2, 0.25) is 5.91 Å². The van der Waals surface area contributed by atoms with E-state index in [-0.39, 0.29) is 24.6 Å². The van der Waals surface area contributed by atoms with Crippen molar-refractivity contribution in [1.29, 1.82) is 0 Å². The Morgan fingerprint density at radius 2 is 2.00 bits per heavy atom. The largest absolute Gasteiger partial charge is 0.455 e. The molecular formula is C22H23FN2O4. The van der Waals surface area contributed by atoms with E-state index >= 15 is 0 Å². The minimum Gasteiger partial charge on any atom is -0.455 e. The molecule has 1 atom stereocenters. The van der Waals surface area contributed by atoms with Crippen LogP contribution in [-0.2, 0) is 25.5 Å². The molecule has 7 heteroatoms. The van der Waals surface area contributed by atoms with Crippen molar-refractivity contribution in [2.24, 2.45) is 5.92 Å². The third-order valence-electron chi connectivity index (χ3n) is 4.92. The number of carbonyl (C=O) groups is 3. The van der Waals surface area contributed by atoms with Crippen molar-refractivity contribution in [3.63, 3.8) is 0 Å². The molecule has 0 aliphatic carbocycles. The fraction of sp³-hybridized carbons (Fsp3) is 0.318. The highest BCUT2D eigenvalue weighted by molar-refractivity contribution is 6.00. The van der Waals surface area contributed by atoms with Gasteiger partial charge in [-0.2, -0.15) is 0 Å². The molecule has 2 amide bonds. The average Bonchev–Trinajstić information content (AvgIpc) is 3.10. The summed E-state index contributed by atoms with van der Waals surface area (Å²) in [4.78, 5) is 38.3. The third kappa shape index (κ3) is 4.80. The van der Waals surface area contributed by atoms with Gasteiger partial charge in [0.15, 0.2) is 6.61 Å². The molecule has 1 N–H and O–H groups in total. The van der Waals surface area contributed by atoms with Gasteiger partial charge in [-0.3, -0.25) is 14.4 Å². The number of benzene rings is 2. The number of aryl methyl sites for hydroxylation is 2. The number of rotatable bonds is 6. The second kappa shape index (κ2) is 8.86. The number of hydrogen-bond donors (Lipinski definition) is 1. The Morgan fingerprint density at radius 1 is 1.24 bits per heavy atom. The third-order valence-corrected chi connectivity index (χ3v) is 4.92. The van der Waals surface area contributed by atoms with Gasteiger partial charge in [0, 0.05) is 24.3 Å². The summed E-state index contributed by atoms with van der Waals surface area (Å²) < 4.78 is 18.6. The molecule has 29 heavy (non-hydrogen) atoms. The van der Waals surface area contributed by atoms with E-state index in [0.717, 1.165) is 17.7 Å². The number of hydrogen-bond acceptors (Lipinski definition) is 4. The molecule has 6 nitrogen and oxygen atoms in total. The zero-order valence-corrected chi connectivity index (χ0v) is 16.4. The van der Waals surface area contributed by atoms with Crippen LogP contribution in [0.3, 0.4) is 0 Å². The van der Waals surface area contributed by atoms with Crippen LogP contribution in [0.2, 0.25) is 0 Å². The minimum atomic E-state index is -0.628. The first-order chi connectivity index (χ1) is 13.9. The van der Waals surface area contributed by atoms with Crippen molar-refractivity contribution in [3.8, 4) is 0 Å². The van der Waals surface area contributed by atoms with Crippen LogP contribution in [0.15, 0.2) is 42.5 Å². The zero-order chi connectivity index (χ0) is 21.0. The van der Waals surface area contributed by atoms with E-state index in [2.05, 4.69) is 5.32 Å². The van der Waals surface area contributed by atoms with Crippen molar-refractivity contribution >= 4 is 29.2 Å². The quantitative estimate of drug-likeness (QED) is 0.758. The highest BCUT2D eigenvalue weighted by atomic mass is 19.1. The van der Waals surface area contributed by atoms with Crippen LogP contribution < -0.4 is 10.2 Å². The normalized spacial score (nSPS) is 16.0. The molecule has 0 saturated carbocycles. The van der Waals surface area contributed by atoms with E-state index in [1.807, 2.05) is 31.2 Å². The molecule has 0 aromatic heterocycles. The van der Waals surface area contributed by atoms with Crippen LogP contribution in [0.4, 0.5) is 15.8 Å². The Balaban J connectivity index is 1.55. The summed E-state index contributed by atoms with van der Waals surface area (Å²) in [5.74, 6) is -2.37. The van der Waals surface area contributed by atoms with Gasteiger partial charge in [0.25, 0.3) is 5.91 Å². The first-order valence-electron chi connectivity index (χ1n) is 9.50. The van der Waals surface area contributed by atoms with Gasteiger partial charge in [-0.15, -0.1) is 0 Å². The predicted octanol–water partition coefficient (Wildman–Crippen LogP) is 3.23. The molecule has 2 aromatic carbocycles. The van der Waals surface area contributed by atoms with Gasteiger partial charge in [0.1, 0.15) is 5.82 Å². The lowest BCUT2D eigenvalue weighted by molar-refractivity contribution is -0.151. The Kier molecular flexibility index (Phi) is 6.26. The van der Waals surface area contributed by atoms with E-state index in [1.165, 1.54) is 6.07 Å². The number of esters is 1. The maximum absolute atomic E-state index is 13.5. The molecule has 1 heterocycles. The maximum atomic E-state index is 13.5. The number of carbonyl (C=O) groups excluding carboxylic acids is 3. The van der Waals surface area contributed by atoms with Crippen molar-refractivity contribution in [3.05, 3.63) is 59.4 Å². The fourth-order valence-electron chi connectivity index (χ4n) is 3.29. The highest BCUT2D eigenvalue weighted by Crippen LogP contribution is 2.29. The summed E-state index contributed by atoms with van der Waals surface area (Å²) in [7, 11) is 0. The number of para-hydroxylation sites is 1. The number of anilines is 2. The van der Waals surface area contributed by atoms with Crippen LogP contribution in [0.1, 0.15) is 24.5 Å². The van der Waals surface area contributed by atoms with E-state index in [4.69, 9.17) is 4.74 Å². The second-order valence-electron chi connectivity index (χ2n) is 7.01. The first-order valence-corrected chi connectivity index (χ1v) is 9.50. The molecule has 1 fully saturated rings. The number of ether oxygens (including phenoxy) is 1. The summed E-state index contributed by atoms with van der Waals surface area (Å²) in [5.41, 5.74) is 2.58. The lowest BCUT2D eigenvalue weighted by atomic mass is 10.1. The number of amides is 2. The summed E-state index contributed by atoms with van der Waals surface area (Å²) in [5, 5.41) is 2.48. The van der Waals surface area contributed by atoms with Crippen molar-refractivity contribution in [1.82, 2.24) is 0 Å². The van der Waals surface area contributed by atoms with E-state index in [9.17, 15) is 18.8 Å². The van der Waals surface area contributed by atoms with Crippen molar-refractivity contribution in [2.75, 3.05) is 23.4 Å². The molecule has 3 rings (SSSR count). The Hall–Kier alpha value is -3.22. The summed E-state index contributed by atoms with van der Waals surface area (Å²) in [6.07, 6.45) is 0.816. The summed E-state index contributed by atoms with van der Waals surface area (Å²) in [6.45, 7) is 3.35.